The van der Waals surface area contributed by atoms with E-state index in [2.05, 4.69) is 32.2 Å². The average molecular weight is 614 g/mol. The Morgan fingerprint density at radius 2 is 1.73 bits per heavy atom. The first-order valence-electron chi connectivity index (χ1n) is 16.2. The summed E-state index contributed by atoms with van der Waals surface area (Å²) in [6, 6.07) is 3.28. The monoisotopic (exact) mass is 613 g/mol. The topological polar surface area (TPSA) is 83.0 Å². The second-order valence-electron chi connectivity index (χ2n) is 13.7. The number of aryl methyl sites for hydroxylation is 2. The van der Waals surface area contributed by atoms with E-state index in [1.54, 1.807) is 0 Å². The molecule has 4 aliphatic rings. The number of rotatable bonds is 7. The van der Waals surface area contributed by atoms with Crippen molar-refractivity contribution in [3.63, 3.8) is 0 Å². The quantitative estimate of drug-likeness (QED) is 0.370. The molecule has 4 fully saturated rings. The zero-order chi connectivity index (χ0) is 30.5. The van der Waals surface area contributed by atoms with E-state index in [1.165, 1.54) is 63.0 Å². The van der Waals surface area contributed by atoms with E-state index in [0.717, 1.165) is 55.4 Å². The maximum absolute atomic E-state index is 13.1. The van der Waals surface area contributed by atoms with Gasteiger partial charge in [0.25, 0.3) is 5.56 Å². The second-order valence-corrected chi connectivity index (χ2v) is 13.7. The zero-order valence-corrected chi connectivity index (χ0v) is 25.4. The Balaban J connectivity index is 0.897. The van der Waals surface area contributed by atoms with Gasteiger partial charge in [0, 0.05) is 69.5 Å². The highest BCUT2D eigenvalue weighted by Gasteiger charge is 2.48. The number of halogens is 3. The number of aromatic nitrogens is 6. The number of nitrogens with zero attached hydrogens (tertiary/aromatic N) is 7. The van der Waals surface area contributed by atoms with Crippen molar-refractivity contribution in [1.82, 2.24) is 34.0 Å². The van der Waals surface area contributed by atoms with E-state index in [0.29, 0.717) is 35.7 Å². The molecule has 1 spiro atoms. The highest BCUT2D eigenvalue weighted by Crippen LogP contribution is 2.43. The van der Waals surface area contributed by atoms with Gasteiger partial charge in [-0.05, 0) is 81.4 Å². The van der Waals surface area contributed by atoms with Crippen LogP contribution in [0.3, 0.4) is 0 Å². The van der Waals surface area contributed by atoms with Crippen LogP contribution >= 0.6 is 0 Å². The van der Waals surface area contributed by atoms with E-state index in [1.807, 2.05) is 11.6 Å². The third-order valence-corrected chi connectivity index (χ3v) is 10.9. The van der Waals surface area contributed by atoms with Crippen LogP contribution in [0.15, 0.2) is 35.5 Å². The molecule has 2 saturated heterocycles. The lowest BCUT2D eigenvalue weighted by molar-refractivity contribution is -0.139. The van der Waals surface area contributed by atoms with Gasteiger partial charge >= 0.3 is 6.18 Å². The predicted octanol–water partition coefficient (Wildman–Crippen LogP) is 5.08. The Labute approximate surface area is 255 Å². The van der Waals surface area contributed by atoms with Gasteiger partial charge in [0.2, 0.25) is 0 Å². The number of ether oxygens (including phenoxy) is 1. The van der Waals surface area contributed by atoms with Crippen molar-refractivity contribution in [3.05, 3.63) is 63.9 Å². The first-order chi connectivity index (χ1) is 21.2. The molecule has 5 heterocycles. The normalized spacial score (nSPS) is 27.5. The summed E-state index contributed by atoms with van der Waals surface area (Å²) < 4.78 is 50.3. The van der Waals surface area contributed by atoms with Gasteiger partial charge in [0.15, 0.2) is 0 Å². The summed E-state index contributed by atoms with van der Waals surface area (Å²) in [5.74, 6) is 2.36. The fraction of sp³-hybridized carbons (Fsp3) is 0.688. The first-order valence-corrected chi connectivity index (χ1v) is 16.2. The van der Waals surface area contributed by atoms with Gasteiger partial charge in [-0.15, -0.1) is 10.2 Å². The van der Waals surface area contributed by atoms with E-state index >= 15 is 0 Å². The van der Waals surface area contributed by atoms with Crippen LogP contribution in [0, 0.1) is 5.41 Å². The molecule has 2 saturated carbocycles. The summed E-state index contributed by atoms with van der Waals surface area (Å²) in [4.78, 5) is 15.0. The third kappa shape index (κ3) is 5.75. The minimum Gasteiger partial charge on any atom is -0.381 e. The molecule has 0 N–H and O–H groups in total. The summed E-state index contributed by atoms with van der Waals surface area (Å²) in [7, 11) is 1.91. The number of likely N-dealkylation sites (tertiary alicyclic amines) is 1. The van der Waals surface area contributed by atoms with Crippen LogP contribution in [0.4, 0.5) is 13.2 Å². The van der Waals surface area contributed by atoms with E-state index < -0.39 is 17.3 Å². The van der Waals surface area contributed by atoms with Gasteiger partial charge in [-0.3, -0.25) is 14.4 Å². The number of pyridine rings is 1. The van der Waals surface area contributed by atoms with Crippen molar-refractivity contribution in [1.29, 1.82) is 0 Å². The average Bonchev–Trinajstić information content (AvgIpc) is 3.76. The first kappa shape index (κ1) is 29.7. The molecule has 2 aliphatic carbocycles. The molecule has 0 atom stereocenters. The Morgan fingerprint density at radius 1 is 1.00 bits per heavy atom. The fourth-order valence-electron chi connectivity index (χ4n) is 8.21. The van der Waals surface area contributed by atoms with Crippen molar-refractivity contribution in [2.24, 2.45) is 12.5 Å². The standard InChI is InChI=1S/C32H42F3N7O2/c1-39-28(12-15-40-14-2-3-27(30(40)43)32(33,34)35)37-38-29(39)23-6-4-22(5-7-23)24-17-36-42(18-24)26-10-8-25(9-11-26)41-19-31(20-41)13-16-44-21-31/h2-3,14,17-18,22-23,25-26H,4-13,15-16,19-21H2,1H3/t22-,23-,25-,26-. The Bertz CT molecular complexity index is 1500. The van der Waals surface area contributed by atoms with E-state index in [-0.39, 0.29) is 12.5 Å². The molecular formula is C32H42F3N7O2. The van der Waals surface area contributed by atoms with Gasteiger partial charge < -0.3 is 13.9 Å². The van der Waals surface area contributed by atoms with Crippen molar-refractivity contribution >= 4 is 0 Å². The number of hydrogen-bond donors (Lipinski definition) is 0. The molecule has 0 bridgehead atoms. The highest BCUT2D eigenvalue weighted by atomic mass is 19.4. The minimum absolute atomic E-state index is 0.113. The Hall–Kier alpha value is -2.99. The van der Waals surface area contributed by atoms with Crippen molar-refractivity contribution in [3.8, 4) is 0 Å². The molecule has 3 aromatic rings. The molecule has 0 aromatic carbocycles. The summed E-state index contributed by atoms with van der Waals surface area (Å²) in [6.07, 6.45) is 11.6. The number of hydrogen-bond acceptors (Lipinski definition) is 6. The molecular weight excluding hydrogens is 571 g/mol. The van der Waals surface area contributed by atoms with E-state index in [4.69, 9.17) is 9.84 Å². The zero-order valence-electron chi connectivity index (χ0n) is 25.4. The molecule has 0 radical (unpaired) electrons. The predicted molar refractivity (Wildman–Crippen MR) is 157 cm³/mol. The minimum atomic E-state index is -4.67. The van der Waals surface area contributed by atoms with Gasteiger partial charge in [0.05, 0.1) is 18.8 Å². The maximum Gasteiger partial charge on any atom is 0.421 e. The lowest BCUT2D eigenvalue weighted by Gasteiger charge is -2.52. The van der Waals surface area contributed by atoms with Gasteiger partial charge in [0.1, 0.15) is 17.2 Å². The van der Waals surface area contributed by atoms with Crippen LogP contribution in [0.2, 0.25) is 0 Å². The Morgan fingerprint density at radius 3 is 2.43 bits per heavy atom. The van der Waals surface area contributed by atoms with E-state index in [9.17, 15) is 18.0 Å². The Kier molecular flexibility index (Phi) is 7.93. The lowest BCUT2D eigenvalue weighted by Crippen LogP contribution is -2.60. The smallest absolute Gasteiger partial charge is 0.381 e. The summed E-state index contributed by atoms with van der Waals surface area (Å²) in [5, 5.41) is 13.6. The van der Waals surface area contributed by atoms with Crippen molar-refractivity contribution < 1.29 is 17.9 Å². The molecule has 9 nitrogen and oxygen atoms in total. The molecule has 0 amide bonds. The van der Waals surface area contributed by atoms with Crippen molar-refractivity contribution in [2.75, 3.05) is 26.3 Å². The fourth-order valence-corrected chi connectivity index (χ4v) is 8.21. The molecule has 0 unspecified atom stereocenters. The van der Waals surface area contributed by atoms with Crippen LogP contribution in [0.5, 0.6) is 0 Å². The van der Waals surface area contributed by atoms with Gasteiger partial charge in [-0.1, -0.05) is 0 Å². The SMILES string of the molecule is Cn1c(CCn2cccc(C(F)(F)F)c2=O)nnc1[C@H]1CC[C@H](c2cnn([C@H]3CC[C@H](N4CC5(CCOC5)C4)CC3)c2)CC1. The summed E-state index contributed by atoms with van der Waals surface area (Å²) in [6.45, 7) is 4.43. The molecule has 3 aromatic heterocycles. The molecule has 7 rings (SSSR count). The molecule has 12 heteroatoms. The van der Waals surface area contributed by atoms with Crippen LogP contribution in [-0.4, -0.2) is 66.4 Å². The third-order valence-electron chi connectivity index (χ3n) is 10.9. The lowest BCUT2D eigenvalue weighted by atomic mass is 9.76. The van der Waals surface area contributed by atoms with Crippen molar-refractivity contribution in [2.45, 2.75) is 101 Å². The summed E-state index contributed by atoms with van der Waals surface area (Å²) in [5.41, 5.74) is -0.388. The van der Waals surface area contributed by atoms with Gasteiger partial charge in [-0.25, -0.2) is 0 Å². The maximum atomic E-state index is 13.1. The summed E-state index contributed by atoms with van der Waals surface area (Å²) >= 11 is 0. The molecule has 44 heavy (non-hydrogen) atoms. The molecule has 238 valence electrons. The van der Waals surface area contributed by atoms with Crippen LogP contribution in [-0.2, 0) is 30.9 Å². The number of alkyl halides is 3. The highest BCUT2D eigenvalue weighted by molar-refractivity contribution is 5.16. The van der Waals surface area contributed by atoms with Crippen LogP contribution < -0.4 is 5.56 Å². The second kappa shape index (κ2) is 11.7. The van der Waals surface area contributed by atoms with Crippen LogP contribution in [0.25, 0.3) is 0 Å². The van der Waals surface area contributed by atoms with Crippen LogP contribution in [0.1, 0.15) is 98.4 Å². The largest absolute Gasteiger partial charge is 0.421 e. The van der Waals surface area contributed by atoms with Gasteiger partial charge in [-0.2, -0.15) is 18.3 Å². The molecule has 2 aliphatic heterocycles.